The molecule has 0 aromatic carbocycles. The van der Waals surface area contributed by atoms with Gasteiger partial charge in [-0.2, -0.15) is 0 Å². The zero-order chi connectivity index (χ0) is 22.0. The summed E-state index contributed by atoms with van der Waals surface area (Å²) in [5.74, 6) is 0.837. The smallest absolute Gasteiger partial charge is 0.330 e. The molecule has 30 heavy (non-hydrogen) atoms. The van der Waals surface area contributed by atoms with Crippen LogP contribution in [0, 0.1) is 47.3 Å². The number of methoxy groups -OCH3 is 4. The summed E-state index contributed by atoms with van der Waals surface area (Å²) in [4.78, 5) is 45.0. The van der Waals surface area contributed by atoms with Gasteiger partial charge in [-0.15, -0.1) is 0 Å². The van der Waals surface area contributed by atoms with Gasteiger partial charge in [-0.3, -0.25) is 9.59 Å². The van der Waals surface area contributed by atoms with E-state index in [1.54, 1.807) is 0 Å². The summed E-state index contributed by atoms with van der Waals surface area (Å²) >= 11 is 0. The van der Waals surface area contributed by atoms with Gasteiger partial charge in [0, 0.05) is 12.2 Å². The molecule has 0 saturated heterocycles. The number of rotatable bonds is 4. The van der Waals surface area contributed by atoms with Crippen molar-refractivity contribution in [1.82, 2.24) is 0 Å². The normalized spacial score (nSPS) is 36.7. The largest absolute Gasteiger partial charge is 0.469 e. The summed E-state index contributed by atoms with van der Waals surface area (Å²) in [5, 5.41) is 0. The lowest BCUT2D eigenvalue weighted by atomic mass is 9.65. The summed E-state index contributed by atoms with van der Waals surface area (Å²) in [6.07, 6.45) is 8.84. The molecule has 0 aromatic rings. The van der Waals surface area contributed by atoms with Crippen molar-refractivity contribution < 1.29 is 38.1 Å². The highest BCUT2D eigenvalue weighted by Crippen LogP contribution is 2.68. The van der Waals surface area contributed by atoms with Crippen LogP contribution in [0.1, 0.15) is 12.8 Å². The Labute approximate surface area is 175 Å². The van der Waals surface area contributed by atoms with Gasteiger partial charge >= 0.3 is 23.9 Å². The molecule has 8 atom stereocenters. The van der Waals surface area contributed by atoms with Crippen molar-refractivity contribution in [1.29, 1.82) is 0 Å². The molecule has 0 heterocycles. The van der Waals surface area contributed by atoms with E-state index in [1.165, 1.54) is 34.9 Å². The van der Waals surface area contributed by atoms with E-state index in [-0.39, 0.29) is 23.8 Å². The molecular weight excluding hydrogens is 392 g/mol. The van der Waals surface area contributed by atoms with Gasteiger partial charge in [-0.1, -0.05) is 12.2 Å². The average molecular weight is 420 g/mol. The van der Waals surface area contributed by atoms with Crippen LogP contribution >= 0.6 is 0 Å². The molecule has 4 aliphatic rings. The van der Waals surface area contributed by atoms with Gasteiger partial charge in [0.1, 0.15) is 0 Å². The molecule has 0 radical (unpaired) electrons. The molecule has 0 aromatic heterocycles. The minimum atomic E-state index is -0.578. The van der Waals surface area contributed by atoms with Crippen LogP contribution in [0.15, 0.2) is 24.3 Å². The van der Waals surface area contributed by atoms with E-state index in [0.29, 0.717) is 35.5 Å². The minimum absolute atomic E-state index is 0.224. The fourth-order valence-electron chi connectivity index (χ4n) is 6.22. The molecule has 4 aliphatic carbocycles. The molecular formula is C22H28O8. The Morgan fingerprint density at radius 3 is 1.40 bits per heavy atom. The predicted octanol–water partition coefficient (Wildman–Crippen LogP) is 1.54. The molecule has 164 valence electrons. The Kier molecular flexibility index (Phi) is 6.63. The lowest BCUT2D eigenvalue weighted by Gasteiger charge is -2.39. The van der Waals surface area contributed by atoms with Crippen LogP contribution in [-0.2, 0) is 38.1 Å². The fraction of sp³-hybridized carbons (Fsp3) is 0.636. The van der Waals surface area contributed by atoms with E-state index >= 15 is 0 Å². The van der Waals surface area contributed by atoms with Crippen LogP contribution < -0.4 is 0 Å². The van der Waals surface area contributed by atoms with Crippen LogP contribution in [0.4, 0.5) is 0 Å². The Hall–Kier alpha value is -2.64. The van der Waals surface area contributed by atoms with Gasteiger partial charge in [0.05, 0.1) is 40.3 Å². The lowest BCUT2D eigenvalue weighted by Crippen LogP contribution is -2.44. The number of hydrogen-bond donors (Lipinski definition) is 0. The van der Waals surface area contributed by atoms with Crippen LogP contribution in [-0.4, -0.2) is 52.3 Å². The summed E-state index contributed by atoms with van der Waals surface area (Å²) in [5.41, 5.74) is 0. The number of fused-ring (bicyclic) bond motifs is 9. The van der Waals surface area contributed by atoms with Crippen molar-refractivity contribution in [2.24, 2.45) is 47.3 Å². The van der Waals surface area contributed by atoms with Crippen LogP contribution in [0.2, 0.25) is 0 Å². The highest BCUT2D eigenvalue weighted by molar-refractivity contribution is 5.91. The second-order valence-electron chi connectivity index (χ2n) is 8.14. The number of carbonyl (C=O) groups excluding carboxylic acids is 4. The first-order chi connectivity index (χ1) is 14.4. The fourth-order valence-corrected chi connectivity index (χ4v) is 6.22. The second kappa shape index (κ2) is 9.02. The Balaban J connectivity index is 0.000000220. The van der Waals surface area contributed by atoms with E-state index in [4.69, 9.17) is 9.47 Å². The molecule has 0 amide bonds. The molecule has 4 rings (SSSR count). The number of allylic oxidation sites excluding steroid dienone is 2. The van der Waals surface area contributed by atoms with Gasteiger partial charge in [0.2, 0.25) is 0 Å². The molecule has 8 heteroatoms. The van der Waals surface area contributed by atoms with E-state index in [0.717, 1.165) is 18.6 Å². The first-order valence-corrected chi connectivity index (χ1v) is 10.1. The highest BCUT2D eigenvalue weighted by Gasteiger charge is 2.68. The summed E-state index contributed by atoms with van der Waals surface area (Å²) in [6.45, 7) is 0. The van der Waals surface area contributed by atoms with Crippen molar-refractivity contribution in [3.8, 4) is 0 Å². The van der Waals surface area contributed by atoms with Gasteiger partial charge in [-0.25, -0.2) is 9.59 Å². The maximum atomic E-state index is 12.2. The van der Waals surface area contributed by atoms with Crippen LogP contribution in [0.5, 0.6) is 0 Å². The van der Waals surface area contributed by atoms with Gasteiger partial charge < -0.3 is 18.9 Å². The first kappa shape index (κ1) is 22.1. The third kappa shape index (κ3) is 3.75. The van der Waals surface area contributed by atoms with E-state index in [9.17, 15) is 19.2 Å². The molecule has 3 saturated carbocycles. The number of esters is 4. The lowest BCUT2D eigenvalue weighted by molar-refractivity contribution is -0.163. The zero-order valence-corrected chi connectivity index (χ0v) is 17.6. The standard InChI is InChI=1S/C16H20O4.C6H8O4/c1-19-15(17)13-9-6-10(14(13)16(18)20-2)12-8-4-3-7(5-8)11(9)12;1-9-5(7)3-4-6(8)10-2/h3-4,7-14H,5-6H2,1-2H3;3-4H,1-2H3/b;4-3+. The molecule has 3 fully saturated rings. The Bertz CT molecular complexity index is 709. The predicted molar refractivity (Wildman–Crippen MR) is 103 cm³/mol. The molecule has 0 spiro atoms. The second-order valence-corrected chi connectivity index (χ2v) is 8.14. The van der Waals surface area contributed by atoms with E-state index in [2.05, 4.69) is 21.6 Å². The number of ether oxygens (including phenoxy) is 4. The van der Waals surface area contributed by atoms with E-state index < -0.39 is 11.9 Å². The van der Waals surface area contributed by atoms with Crippen molar-refractivity contribution in [3.63, 3.8) is 0 Å². The van der Waals surface area contributed by atoms with Gasteiger partial charge in [0.15, 0.2) is 0 Å². The maximum absolute atomic E-state index is 12.2. The maximum Gasteiger partial charge on any atom is 0.330 e. The molecule has 8 unspecified atom stereocenters. The number of carbonyl (C=O) groups is 4. The third-order valence-corrected chi connectivity index (χ3v) is 7.13. The Morgan fingerprint density at radius 2 is 1.07 bits per heavy atom. The zero-order valence-electron chi connectivity index (χ0n) is 17.6. The van der Waals surface area contributed by atoms with Gasteiger partial charge in [0.25, 0.3) is 0 Å². The van der Waals surface area contributed by atoms with Crippen molar-refractivity contribution in [3.05, 3.63) is 24.3 Å². The molecule has 8 nitrogen and oxygen atoms in total. The Morgan fingerprint density at radius 1 is 0.667 bits per heavy atom. The minimum Gasteiger partial charge on any atom is -0.469 e. The average Bonchev–Trinajstić information content (AvgIpc) is 3.54. The molecule has 4 bridgehead atoms. The van der Waals surface area contributed by atoms with Crippen molar-refractivity contribution in [2.45, 2.75) is 12.8 Å². The number of hydrogen-bond acceptors (Lipinski definition) is 8. The van der Waals surface area contributed by atoms with Crippen molar-refractivity contribution >= 4 is 23.9 Å². The van der Waals surface area contributed by atoms with Gasteiger partial charge in [-0.05, 0) is 48.3 Å². The topological polar surface area (TPSA) is 105 Å². The SMILES string of the molecule is COC(=O)/C=C/C(=O)OC.COC(=O)C1C2CC(C1C(=O)OC)C1C3C=CC(C3)C21. The van der Waals surface area contributed by atoms with E-state index in [1.807, 2.05) is 0 Å². The summed E-state index contributed by atoms with van der Waals surface area (Å²) < 4.78 is 18.4. The van der Waals surface area contributed by atoms with Crippen LogP contribution in [0.25, 0.3) is 0 Å². The quantitative estimate of drug-likeness (QED) is 0.222. The molecule has 0 N–H and O–H groups in total. The van der Waals surface area contributed by atoms with Crippen molar-refractivity contribution in [2.75, 3.05) is 28.4 Å². The first-order valence-electron chi connectivity index (χ1n) is 10.1. The monoisotopic (exact) mass is 420 g/mol. The summed E-state index contributed by atoms with van der Waals surface area (Å²) in [6, 6.07) is 0. The third-order valence-electron chi connectivity index (χ3n) is 7.13. The molecule has 0 aliphatic heterocycles. The van der Waals surface area contributed by atoms with Crippen LogP contribution in [0.3, 0.4) is 0 Å². The summed E-state index contributed by atoms with van der Waals surface area (Å²) in [7, 11) is 5.29. The highest BCUT2D eigenvalue weighted by atomic mass is 16.5.